The maximum atomic E-state index is 11.3. The number of benzene rings is 1. The van der Waals surface area contributed by atoms with Crippen LogP contribution in [0.15, 0.2) is 66.0 Å². The fourth-order valence-electron chi connectivity index (χ4n) is 2.62. The molecule has 1 unspecified atom stereocenters. The number of thioether (sulfide) groups is 1. The van der Waals surface area contributed by atoms with Crippen LogP contribution in [0.25, 0.3) is 11.1 Å². The Morgan fingerprint density at radius 3 is 2.72 bits per heavy atom. The Hall–Kier alpha value is -3.06. The van der Waals surface area contributed by atoms with Gasteiger partial charge in [-0.05, 0) is 47.5 Å². The van der Waals surface area contributed by atoms with Crippen LogP contribution in [0.4, 0.5) is 11.5 Å². The standard InChI is InChI=1S/C18H15N5OS/c19-17(24)13-5-8-21-16(10-13)23-18-22-14-2-1-12(9-15(14)25-18)11-3-6-20-7-4-11/h1-10,18,22H,(H2,19,24)(H,21,23). The molecule has 4 rings (SSSR count). The highest BCUT2D eigenvalue weighted by atomic mass is 32.2. The lowest BCUT2D eigenvalue weighted by atomic mass is 10.1. The van der Waals surface area contributed by atoms with E-state index in [1.807, 2.05) is 12.1 Å². The third-order valence-electron chi connectivity index (χ3n) is 3.85. The van der Waals surface area contributed by atoms with Gasteiger partial charge in [-0.2, -0.15) is 0 Å². The highest BCUT2D eigenvalue weighted by molar-refractivity contribution is 8.00. The maximum Gasteiger partial charge on any atom is 0.248 e. The number of aromatic nitrogens is 2. The molecule has 0 saturated heterocycles. The first-order chi connectivity index (χ1) is 12.2. The average molecular weight is 349 g/mol. The van der Waals surface area contributed by atoms with Crippen LogP contribution in [0.2, 0.25) is 0 Å². The van der Waals surface area contributed by atoms with Gasteiger partial charge in [-0.1, -0.05) is 17.8 Å². The van der Waals surface area contributed by atoms with E-state index < -0.39 is 5.91 Å². The SMILES string of the molecule is NC(=O)c1ccnc(NC2Nc3ccc(-c4ccncc4)cc3S2)c1. The molecule has 3 aromatic rings. The zero-order valence-electron chi connectivity index (χ0n) is 13.1. The Morgan fingerprint density at radius 2 is 1.92 bits per heavy atom. The van der Waals surface area contributed by atoms with Crippen molar-refractivity contribution in [2.24, 2.45) is 5.73 Å². The van der Waals surface area contributed by atoms with E-state index in [0.717, 1.165) is 21.7 Å². The summed E-state index contributed by atoms with van der Waals surface area (Å²) in [6, 6.07) is 13.5. The molecule has 2 aromatic heterocycles. The smallest absolute Gasteiger partial charge is 0.248 e. The van der Waals surface area contributed by atoms with Crippen molar-refractivity contribution in [1.82, 2.24) is 9.97 Å². The molecule has 4 N–H and O–H groups in total. The number of nitrogens with zero attached hydrogens (tertiary/aromatic N) is 2. The molecule has 0 saturated carbocycles. The van der Waals surface area contributed by atoms with Gasteiger partial charge >= 0.3 is 0 Å². The van der Waals surface area contributed by atoms with E-state index in [-0.39, 0.29) is 5.50 Å². The molecule has 1 atom stereocenters. The van der Waals surface area contributed by atoms with Crippen LogP contribution < -0.4 is 16.4 Å². The summed E-state index contributed by atoms with van der Waals surface area (Å²) in [6.07, 6.45) is 5.14. The van der Waals surface area contributed by atoms with Crippen LogP contribution in [-0.4, -0.2) is 21.4 Å². The first-order valence-electron chi connectivity index (χ1n) is 7.69. The molecule has 124 valence electrons. The highest BCUT2D eigenvalue weighted by Crippen LogP contribution is 2.40. The van der Waals surface area contributed by atoms with Crippen LogP contribution in [-0.2, 0) is 0 Å². The van der Waals surface area contributed by atoms with Crippen molar-refractivity contribution in [2.45, 2.75) is 10.4 Å². The monoisotopic (exact) mass is 349 g/mol. The second-order valence-electron chi connectivity index (χ2n) is 5.53. The average Bonchev–Trinajstić information content (AvgIpc) is 3.04. The number of carbonyl (C=O) groups excluding carboxylic acids is 1. The number of rotatable bonds is 4. The van der Waals surface area contributed by atoms with E-state index in [4.69, 9.17) is 5.73 Å². The molecule has 1 amide bonds. The Balaban J connectivity index is 1.52. The largest absolute Gasteiger partial charge is 0.366 e. The summed E-state index contributed by atoms with van der Waals surface area (Å²) in [7, 11) is 0. The topological polar surface area (TPSA) is 92.9 Å². The van der Waals surface area contributed by atoms with Gasteiger partial charge < -0.3 is 16.4 Å². The number of pyridine rings is 2. The van der Waals surface area contributed by atoms with Gasteiger partial charge in [0, 0.05) is 29.0 Å². The fourth-order valence-corrected chi connectivity index (χ4v) is 3.69. The van der Waals surface area contributed by atoms with Crippen molar-refractivity contribution < 1.29 is 4.79 Å². The van der Waals surface area contributed by atoms with E-state index in [0.29, 0.717) is 11.4 Å². The van der Waals surface area contributed by atoms with Gasteiger partial charge in [-0.15, -0.1) is 0 Å². The molecule has 25 heavy (non-hydrogen) atoms. The summed E-state index contributed by atoms with van der Waals surface area (Å²) < 4.78 is 0. The second-order valence-corrected chi connectivity index (χ2v) is 6.67. The van der Waals surface area contributed by atoms with Gasteiger partial charge in [0.2, 0.25) is 5.91 Å². The number of nitrogens with two attached hydrogens (primary N) is 1. The molecule has 0 radical (unpaired) electrons. The lowest BCUT2D eigenvalue weighted by Crippen LogP contribution is -2.22. The molecule has 0 aliphatic carbocycles. The van der Waals surface area contributed by atoms with Crippen molar-refractivity contribution in [3.05, 3.63) is 66.6 Å². The van der Waals surface area contributed by atoms with Gasteiger partial charge in [-0.25, -0.2) is 4.98 Å². The summed E-state index contributed by atoms with van der Waals surface area (Å²) in [5.41, 5.74) is 9.00. The Kier molecular flexibility index (Phi) is 3.99. The van der Waals surface area contributed by atoms with E-state index in [1.54, 1.807) is 42.5 Å². The highest BCUT2D eigenvalue weighted by Gasteiger charge is 2.22. The van der Waals surface area contributed by atoms with Crippen molar-refractivity contribution in [3.63, 3.8) is 0 Å². The molecule has 0 fully saturated rings. The molecule has 0 spiro atoms. The third-order valence-corrected chi connectivity index (χ3v) is 4.91. The summed E-state index contributed by atoms with van der Waals surface area (Å²) in [4.78, 5) is 20.7. The van der Waals surface area contributed by atoms with Crippen LogP contribution in [0.3, 0.4) is 0 Å². The minimum absolute atomic E-state index is 0.0710. The van der Waals surface area contributed by atoms with Crippen molar-refractivity contribution in [3.8, 4) is 11.1 Å². The molecule has 1 aliphatic rings. The van der Waals surface area contributed by atoms with Crippen LogP contribution in [0.1, 0.15) is 10.4 Å². The first kappa shape index (κ1) is 15.5. The normalized spacial score (nSPS) is 15.3. The lowest BCUT2D eigenvalue weighted by molar-refractivity contribution is 0.1000. The van der Waals surface area contributed by atoms with E-state index in [9.17, 15) is 4.79 Å². The molecule has 6 nitrogen and oxygen atoms in total. The summed E-state index contributed by atoms with van der Waals surface area (Å²) in [6.45, 7) is 0. The molecular formula is C18H15N5OS. The number of nitrogens with one attached hydrogen (secondary N) is 2. The van der Waals surface area contributed by atoms with E-state index in [2.05, 4.69) is 38.8 Å². The molecule has 1 aromatic carbocycles. The van der Waals surface area contributed by atoms with Gasteiger partial charge in [0.25, 0.3) is 0 Å². The molecule has 1 aliphatic heterocycles. The van der Waals surface area contributed by atoms with E-state index in [1.165, 1.54) is 0 Å². The number of hydrogen-bond acceptors (Lipinski definition) is 6. The molecular weight excluding hydrogens is 334 g/mol. The number of carbonyl (C=O) groups is 1. The molecule has 3 heterocycles. The number of amides is 1. The van der Waals surface area contributed by atoms with Gasteiger partial charge in [0.15, 0.2) is 5.50 Å². The minimum Gasteiger partial charge on any atom is -0.366 e. The van der Waals surface area contributed by atoms with Crippen LogP contribution >= 0.6 is 11.8 Å². The summed E-state index contributed by atoms with van der Waals surface area (Å²) in [5, 5.41) is 6.66. The minimum atomic E-state index is -0.470. The zero-order valence-corrected chi connectivity index (χ0v) is 14.0. The van der Waals surface area contributed by atoms with Gasteiger partial charge in [0.1, 0.15) is 5.82 Å². The Labute approximate surface area is 148 Å². The van der Waals surface area contributed by atoms with Crippen molar-refractivity contribution in [1.29, 1.82) is 0 Å². The summed E-state index contributed by atoms with van der Waals surface area (Å²) >= 11 is 1.66. The second kappa shape index (κ2) is 6.45. The number of hydrogen-bond donors (Lipinski definition) is 3. The third kappa shape index (κ3) is 3.27. The Bertz CT molecular complexity index is 932. The van der Waals surface area contributed by atoms with Crippen LogP contribution in [0.5, 0.6) is 0 Å². The number of anilines is 2. The Morgan fingerprint density at radius 1 is 1.08 bits per heavy atom. The predicted molar refractivity (Wildman–Crippen MR) is 99.3 cm³/mol. The maximum absolute atomic E-state index is 11.3. The molecule has 7 heteroatoms. The summed E-state index contributed by atoms with van der Waals surface area (Å²) in [5.74, 6) is 0.131. The number of primary amides is 1. The van der Waals surface area contributed by atoms with Gasteiger partial charge in [-0.3, -0.25) is 9.78 Å². The molecule has 0 bridgehead atoms. The van der Waals surface area contributed by atoms with E-state index >= 15 is 0 Å². The fraction of sp³-hybridized carbons (Fsp3) is 0.0556. The van der Waals surface area contributed by atoms with Gasteiger partial charge in [0.05, 0.1) is 5.69 Å². The zero-order chi connectivity index (χ0) is 17.2. The quantitative estimate of drug-likeness (QED) is 0.670. The lowest BCUT2D eigenvalue weighted by Gasteiger charge is -2.13. The number of fused-ring (bicyclic) bond motifs is 1. The van der Waals surface area contributed by atoms with Crippen molar-refractivity contribution >= 4 is 29.2 Å². The van der Waals surface area contributed by atoms with Crippen LogP contribution in [0, 0.1) is 0 Å². The first-order valence-corrected chi connectivity index (χ1v) is 8.57. The van der Waals surface area contributed by atoms with Crippen molar-refractivity contribution in [2.75, 3.05) is 10.6 Å². The predicted octanol–water partition coefficient (Wildman–Crippen LogP) is 3.16.